The fraction of sp³-hybridized carbons (Fsp3) is 0.600. The monoisotopic (exact) mass is 327 g/mol. The first-order chi connectivity index (χ1) is 11.7. The molecular weight excluding hydrogens is 298 g/mol. The molecule has 0 aliphatic carbocycles. The number of nitrogens with zero attached hydrogens (tertiary/aromatic N) is 3. The summed E-state index contributed by atoms with van der Waals surface area (Å²) < 4.78 is 2.41. The molecule has 1 aromatic heterocycles. The highest BCUT2D eigenvalue weighted by Gasteiger charge is 2.30. The number of hydrogen-bond acceptors (Lipinski definition) is 3. The van der Waals surface area contributed by atoms with Gasteiger partial charge in [0.2, 0.25) is 0 Å². The third-order valence-electron chi connectivity index (χ3n) is 5.89. The van der Waals surface area contributed by atoms with Gasteiger partial charge in [0.25, 0.3) is 0 Å². The first-order valence-corrected chi connectivity index (χ1v) is 9.47. The standard InChI is InChI=1S/C20H29N3O/c1-16(21-10-6-2-3-7-11-21)20(24)22-12-13-23-18(15-22)14-17-8-4-5-9-19(17)23/h4-5,8-9,14,16,20,24H,2-3,6-7,10-13,15H2,1H3. The van der Waals surface area contributed by atoms with Crippen LogP contribution in [-0.4, -0.2) is 51.4 Å². The highest BCUT2D eigenvalue weighted by Crippen LogP contribution is 2.26. The molecule has 2 aliphatic rings. The van der Waals surface area contributed by atoms with Gasteiger partial charge >= 0.3 is 0 Å². The summed E-state index contributed by atoms with van der Waals surface area (Å²) >= 11 is 0. The van der Waals surface area contributed by atoms with Crippen molar-refractivity contribution < 1.29 is 5.11 Å². The highest BCUT2D eigenvalue weighted by atomic mass is 16.3. The van der Waals surface area contributed by atoms with E-state index in [9.17, 15) is 5.11 Å². The summed E-state index contributed by atoms with van der Waals surface area (Å²) in [6.45, 7) is 7.18. The van der Waals surface area contributed by atoms with Crippen molar-refractivity contribution >= 4 is 10.9 Å². The highest BCUT2D eigenvalue weighted by molar-refractivity contribution is 5.81. The molecule has 1 N–H and O–H groups in total. The van der Waals surface area contributed by atoms with Crippen molar-refractivity contribution in [3.8, 4) is 0 Å². The van der Waals surface area contributed by atoms with Gasteiger partial charge < -0.3 is 9.67 Å². The van der Waals surface area contributed by atoms with E-state index in [0.717, 1.165) is 32.7 Å². The van der Waals surface area contributed by atoms with Gasteiger partial charge in [-0.15, -0.1) is 0 Å². The zero-order valence-corrected chi connectivity index (χ0v) is 14.7. The van der Waals surface area contributed by atoms with Crippen LogP contribution in [0, 0.1) is 0 Å². The van der Waals surface area contributed by atoms with Crippen molar-refractivity contribution in [2.45, 2.75) is 58.0 Å². The Balaban J connectivity index is 1.49. The normalized spacial score (nSPS) is 22.9. The number of aromatic nitrogens is 1. The van der Waals surface area contributed by atoms with E-state index in [4.69, 9.17) is 0 Å². The predicted molar refractivity (Wildman–Crippen MR) is 97.9 cm³/mol. The molecule has 1 saturated heterocycles. The third-order valence-corrected chi connectivity index (χ3v) is 5.89. The summed E-state index contributed by atoms with van der Waals surface area (Å²) in [4.78, 5) is 4.74. The van der Waals surface area contributed by atoms with Crippen LogP contribution < -0.4 is 0 Å². The maximum Gasteiger partial charge on any atom is 0.123 e. The first kappa shape index (κ1) is 16.1. The number of benzene rings is 1. The molecule has 2 unspecified atom stereocenters. The Morgan fingerprint density at radius 1 is 0.917 bits per heavy atom. The topological polar surface area (TPSA) is 31.6 Å². The van der Waals surface area contributed by atoms with Gasteiger partial charge in [0.1, 0.15) is 6.23 Å². The van der Waals surface area contributed by atoms with E-state index in [-0.39, 0.29) is 12.3 Å². The molecule has 3 heterocycles. The molecule has 130 valence electrons. The summed E-state index contributed by atoms with van der Waals surface area (Å²) in [7, 11) is 0. The van der Waals surface area contributed by atoms with Crippen molar-refractivity contribution in [2.24, 2.45) is 0 Å². The molecule has 2 aliphatic heterocycles. The summed E-state index contributed by atoms with van der Waals surface area (Å²) in [6.07, 6.45) is 4.83. The number of rotatable bonds is 3. The first-order valence-electron chi connectivity index (χ1n) is 9.47. The van der Waals surface area contributed by atoms with Gasteiger partial charge in [0, 0.05) is 36.9 Å². The van der Waals surface area contributed by atoms with E-state index in [2.05, 4.69) is 51.6 Å². The molecule has 0 bridgehead atoms. The van der Waals surface area contributed by atoms with Gasteiger partial charge in [-0.25, -0.2) is 0 Å². The molecular formula is C20H29N3O. The Labute approximate surface area is 144 Å². The van der Waals surface area contributed by atoms with Gasteiger partial charge in [0.05, 0.1) is 0 Å². The molecule has 0 spiro atoms. The van der Waals surface area contributed by atoms with Crippen LogP contribution in [0.2, 0.25) is 0 Å². The van der Waals surface area contributed by atoms with E-state index in [0.29, 0.717) is 0 Å². The van der Waals surface area contributed by atoms with Crippen LogP contribution in [0.4, 0.5) is 0 Å². The van der Waals surface area contributed by atoms with Crippen molar-refractivity contribution in [3.05, 3.63) is 36.0 Å². The van der Waals surface area contributed by atoms with Gasteiger partial charge in [-0.3, -0.25) is 9.80 Å². The second-order valence-corrected chi connectivity index (χ2v) is 7.42. The Morgan fingerprint density at radius 2 is 1.67 bits per heavy atom. The lowest BCUT2D eigenvalue weighted by Gasteiger charge is -2.39. The molecule has 0 radical (unpaired) electrons. The van der Waals surface area contributed by atoms with E-state index in [1.807, 2.05) is 0 Å². The van der Waals surface area contributed by atoms with Gasteiger partial charge in [-0.2, -0.15) is 0 Å². The number of likely N-dealkylation sites (tertiary alicyclic amines) is 1. The van der Waals surface area contributed by atoms with Crippen LogP contribution in [0.5, 0.6) is 0 Å². The number of para-hydroxylation sites is 1. The maximum atomic E-state index is 11.0. The fourth-order valence-corrected chi connectivity index (χ4v) is 4.40. The van der Waals surface area contributed by atoms with Gasteiger partial charge in [0.15, 0.2) is 0 Å². The van der Waals surface area contributed by atoms with E-state index >= 15 is 0 Å². The lowest BCUT2D eigenvalue weighted by atomic mass is 10.2. The molecule has 2 aromatic rings. The number of fused-ring (bicyclic) bond motifs is 3. The van der Waals surface area contributed by atoms with Crippen LogP contribution in [0.25, 0.3) is 10.9 Å². The Bertz CT molecular complexity index is 687. The maximum absolute atomic E-state index is 11.0. The molecule has 0 saturated carbocycles. The summed E-state index contributed by atoms with van der Waals surface area (Å²) in [5.74, 6) is 0. The molecule has 4 nitrogen and oxygen atoms in total. The number of aliphatic hydroxyl groups excluding tert-OH is 1. The smallest absolute Gasteiger partial charge is 0.123 e. The average molecular weight is 327 g/mol. The predicted octanol–water partition coefficient (Wildman–Crippen LogP) is 3.04. The minimum atomic E-state index is -0.380. The lowest BCUT2D eigenvalue weighted by molar-refractivity contribution is -0.0664. The van der Waals surface area contributed by atoms with Gasteiger partial charge in [-0.1, -0.05) is 31.0 Å². The summed E-state index contributed by atoms with van der Waals surface area (Å²) in [5.41, 5.74) is 2.65. The van der Waals surface area contributed by atoms with Crippen molar-refractivity contribution in [1.29, 1.82) is 0 Å². The van der Waals surface area contributed by atoms with Crippen LogP contribution in [0.3, 0.4) is 0 Å². The van der Waals surface area contributed by atoms with Crippen LogP contribution >= 0.6 is 0 Å². The third kappa shape index (κ3) is 2.99. The second kappa shape index (κ2) is 6.87. The number of hydrogen-bond donors (Lipinski definition) is 1. The quantitative estimate of drug-likeness (QED) is 0.940. The van der Waals surface area contributed by atoms with Gasteiger partial charge in [-0.05, 0) is 50.4 Å². The second-order valence-electron chi connectivity index (χ2n) is 7.42. The molecule has 4 heteroatoms. The Hall–Kier alpha value is -1.36. The number of aliphatic hydroxyl groups is 1. The molecule has 2 atom stereocenters. The molecule has 4 rings (SSSR count). The Kier molecular flexibility index (Phi) is 4.61. The fourth-order valence-electron chi connectivity index (χ4n) is 4.40. The zero-order chi connectivity index (χ0) is 16.5. The van der Waals surface area contributed by atoms with Crippen molar-refractivity contribution in [1.82, 2.24) is 14.4 Å². The zero-order valence-electron chi connectivity index (χ0n) is 14.7. The van der Waals surface area contributed by atoms with E-state index in [1.54, 1.807) is 0 Å². The van der Waals surface area contributed by atoms with E-state index in [1.165, 1.54) is 42.3 Å². The molecule has 1 fully saturated rings. The molecule has 1 aromatic carbocycles. The minimum absolute atomic E-state index is 0.207. The summed E-state index contributed by atoms with van der Waals surface area (Å²) in [6, 6.07) is 11.1. The summed E-state index contributed by atoms with van der Waals surface area (Å²) in [5, 5.41) is 12.3. The lowest BCUT2D eigenvalue weighted by Crippen LogP contribution is -2.52. The van der Waals surface area contributed by atoms with Crippen molar-refractivity contribution in [2.75, 3.05) is 19.6 Å². The average Bonchev–Trinajstić information content (AvgIpc) is 2.79. The van der Waals surface area contributed by atoms with Crippen LogP contribution in [-0.2, 0) is 13.1 Å². The Morgan fingerprint density at radius 3 is 2.46 bits per heavy atom. The molecule has 24 heavy (non-hydrogen) atoms. The van der Waals surface area contributed by atoms with Crippen LogP contribution in [0.1, 0.15) is 38.3 Å². The largest absolute Gasteiger partial charge is 0.377 e. The van der Waals surface area contributed by atoms with E-state index < -0.39 is 0 Å². The minimum Gasteiger partial charge on any atom is -0.377 e. The molecule has 0 amide bonds. The van der Waals surface area contributed by atoms with Crippen LogP contribution in [0.15, 0.2) is 30.3 Å². The van der Waals surface area contributed by atoms with Crippen molar-refractivity contribution in [3.63, 3.8) is 0 Å². The SMILES string of the molecule is CC(C(O)N1CCn2c(cc3ccccc32)C1)N1CCCCCC1.